The summed E-state index contributed by atoms with van der Waals surface area (Å²) in [4.78, 5) is 12.6. The molecule has 0 radical (unpaired) electrons. The summed E-state index contributed by atoms with van der Waals surface area (Å²) in [5.41, 5.74) is 1.93. The molecule has 122 valence electrons. The maximum absolute atomic E-state index is 12.6. The fraction of sp³-hybridized carbons (Fsp3) is 0.765. The van der Waals surface area contributed by atoms with Gasteiger partial charge < -0.3 is 10.1 Å². The number of carbonyl (C=O) groups excluding carboxylic acids is 1. The molecule has 0 aromatic carbocycles. The molecule has 5 nitrogen and oxygen atoms in total. The monoisotopic (exact) mass is 305 g/mol. The Kier molecular flexibility index (Phi) is 4.81. The third-order valence-electron chi connectivity index (χ3n) is 5.15. The van der Waals surface area contributed by atoms with Crippen molar-refractivity contribution in [3.63, 3.8) is 0 Å². The highest BCUT2D eigenvalue weighted by Crippen LogP contribution is 2.32. The van der Waals surface area contributed by atoms with Crippen LogP contribution in [-0.2, 0) is 9.53 Å². The van der Waals surface area contributed by atoms with Crippen molar-refractivity contribution in [2.45, 2.75) is 70.9 Å². The molecule has 1 aliphatic carbocycles. The van der Waals surface area contributed by atoms with Crippen molar-refractivity contribution in [1.82, 2.24) is 9.78 Å². The molecule has 1 aromatic heterocycles. The molecule has 1 aliphatic heterocycles. The average Bonchev–Trinajstić information content (AvgIpc) is 3.18. The van der Waals surface area contributed by atoms with Crippen LogP contribution in [0.3, 0.4) is 0 Å². The Bertz CT molecular complexity index is 520. The van der Waals surface area contributed by atoms with E-state index in [1.807, 2.05) is 0 Å². The van der Waals surface area contributed by atoms with E-state index in [1.54, 1.807) is 6.20 Å². The normalized spacial score (nSPS) is 26.3. The van der Waals surface area contributed by atoms with Gasteiger partial charge in [0.15, 0.2) is 0 Å². The predicted molar refractivity (Wildman–Crippen MR) is 85.9 cm³/mol. The zero-order valence-electron chi connectivity index (χ0n) is 13.7. The second-order valence-corrected chi connectivity index (χ2v) is 6.58. The fourth-order valence-electron chi connectivity index (χ4n) is 3.83. The fourth-order valence-corrected chi connectivity index (χ4v) is 3.83. The van der Waals surface area contributed by atoms with E-state index < -0.39 is 0 Å². The number of nitrogens with one attached hydrogen (secondary N) is 1. The van der Waals surface area contributed by atoms with Crippen molar-refractivity contribution in [3.8, 4) is 0 Å². The van der Waals surface area contributed by atoms with E-state index in [-0.39, 0.29) is 17.9 Å². The molecule has 1 N–H and O–H groups in total. The van der Waals surface area contributed by atoms with Gasteiger partial charge in [-0.25, -0.2) is 0 Å². The van der Waals surface area contributed by atoms with Gasteiger partial charge in [0.05, 0.1) is 35.6 Å². The second-order valence-electron chi connectivity index (χ2n) is 6.58. The highest BCUT2D eigenvalue weighted by molar-refractivity contribution is 5.93. The lowest BCUT2D eigenvalue weighted by atomic mass is 9.92. The van der Waals surface area contributed by atoms with E-state index in [4.69, 9.17) is 4.74 Å². The van der Waals surface area contributed by atoms with Crippen LogP contribution in [-0.4, -0.2) is 28.4 Å². The molecule has 2 aliphatic rings. The number of rotatable bonds is 4. The number of amides is 1. The third-order valence-corrected chi connectivity index (χ3v) is 5.15. The van der Waals surface area contributed by atoms with Gasteiger partial charge in [0.25, 0.3) is 0 Å². The summed E-state index contributed by atoms with van der Waals surface area (Å²) in [7, 11) is 0. The lowest BCUT2D eigenvalue weighted by Crippen LogP contribution is -2.37. The largest absolute Gasteiger partial charge is 0.377 e. The van der Waals surface area contributed by atoms with E-state index in [0.717, 1.165) is 37.3 Å². The van der Waals surface area contributed by atoms with Gasteiger partial charge in [-0.2, -0.15) is 5.10 Å². The van der Waals surface area contributed by atoms with Crippen LogP contribution in [0, 0.1) is 12.8 Å². The molecule has 1 saturated carbocycles. The van der Waals surface area contributed by atoms with Crippen molar-refractivity contribution >= 4 is 11.6 Å². The summed E-state index contributed by atoms with van der Waals surface area (Å²) in [6.07, 6.45) is 9.59. The van der Waals surface area contributed by atoms with E-state index in [2.05, 4.69) is 28.9 Å². The van der Waals surface area contributed by atoms with E-state index in [0.29, 0.717) is 6.04 Å². The van der Waals surface area contributed by atoms with E-state index in [1.165, 1.54) is 25.7 Å². The van der Waals surface area contributed by atoms with Crippen LogP contribution in [0.15, 0.2) is 6.20 Å². The highest BCUT2D eigenvalue weighted by atomic mass is 16.5. The van der Waals surface area contributed by atoms with Crippen LogP contribution in [0.5, 0.6) is 0 Å². The number of hydrogen-bond donors (Lipinski definition) is 1. The number of anilines is 1. The Balaban J connectivity index is 1.68. The lowest BCUT2D eigenvalue weighted by molar-refractivity contribution is -0.129. The van der Waals surface area contributed by atoms with Crippen molar-refractivity contribution in [3.05, 3.63) is 11.9 Å². The summed E-state index contributed by atoms with van der Waals surface area (Å²) in [6.45, 7) is 4.91. The molecule has 2 atom stereocenters. The average molecular weight is 305 g/mol. The molecule has 2 fully saturated rings. The SMILES string of the molecule is CCC1OCCCC1C(=O)Nc1cnn(C2CCCC2)c1C. The zero-order chi connectivity index (χ0) is 15.5. The number of nitrogens with zero attached hydrogens (tertiary/aromatic N) is 2. The first kappa shape index (κ1) is 15.5. The van der Waals surface area contributed by atoms with Crippen LogP contribution in [0.2, 0.25) is 0 Å². The number of aromatic nitrogens is 2. The summed E-state index contributed by atoms with van der Waals surface area (Å²) in [5.74, 6) is 0.0496. The van der Waals surface area contributed by atoms with E-state index in [9.17, 15) is 4.79 Å². The summed E-state index contributed by atoms with van der Waals surface area (Å²) >= 11 is 0. The molecule has 1 saturated heterocycles. The first-order chi connectivity index (χ1) is 10.7. The molecule has 1 amide bonds. The van der Waals surface area contributed by atoms with Gasteiger partial charge in [-0.1, -0.05) is 19.8 Å². The molecule has 0 spiro atoms. The van der Waals surface area contributed by atoms with Crippen molar-refractivity contribution in [1.29, 1.82) is 0 Å². The third kappa shape index (κ3) is 3.05. The molecule has 5 heteroatoms. The predicted octanol–water partition coefficient (Wildman–Crippen LogP) is 3.45. The summed E-state index contributed by atoms with van der Waals surface area (Å²) < 4.78 is 7.83. The van der Waals surface area contributed by atoms with E-state index >= 15 is 0 Å². The number of hydrogen-bond acceptors (Lipinski definition) is 3. The summed E-state index contributed by atoms with van der Waals surface area (Å²) in [5, 5.41) is 7.59. The first-order valence-electron chi connectivity index (χ1n) is 8.67. The number of ether oxygens (including phenoxy) is 1. The first-order valence-corrected chi connectivity index (χ1v) is 8.67. The summed E-state index contributed by atoms with van der Waals surface area (Å²) in [6, 6.07) is 0.507. The van der Waals surface area contributed by atoms with Gasteiger partial charge in [0, 0.05) is 6.61 Å². The van der Waals surface area contributed by atoms with Crippen LogP contribution >= 0.6 is 0 Å². The smallest absolute Gasteiger partial charge is 0.230 e. The highest BCUT2D eigenvalue weighted by Gasteiger charge is 2.31. The van der Waals surface area contributed by atoms with Gasteiger partial charge >= 0.3 is 0 Å². The van der Waals surface area contributed by atoms with Crippen LogP contribution in [0.25, 0.3) is 0 Å². The standard InChI is InChI=1S/C17H27N3O2/c1-3-16-14(9-6-10-22-16)17(21)19-15-11-18-20(12(15)2)13-7-4-5-8-13/h11,13-14,16H,3-10H2,1-2H3,(H,19,21). The Morgan fingerprint density at radius 2 is 2.14 bits per heavy atom. The quantitative estimate of drug-likeness (QED) is 0.927. The van der Waals surface area contributed by atoms with Gasteiger partial charge in [0.2, 0.25) is 5.91 Å². The minimum Gasteiger partial charge on any atom is -0.377 e. The maximum Gasteiger partial charge on any atom is 0.230 e. The van der Waals surface area contributed by atoms with Gasteiger partial charge in [-0.15, -0.1) is 0 Å². The molecular weight excluding hydrogens is 278 g/mol. The molecule has 1 aromatic rings. The van der Waals surface area contributed by atoms with Crippen LogP contribution < -0.4 is 5.32 Å². The van der Waals surface area contributed by atoms with Crippen LogP contribution in [0.1, 0.15) is 63.6 Å². The maximum atomic E-state index is 12.6. The minimum atomic E-state index is -0.0343. The molecule has 22 heavy (non-hydrogen) atoms. The Labute approximate surface area is 132 Å². The molecular formula is C17H27N3O2. The number of carbonyl (C=O) groups is 1. The van der Waals surface area contributed by atoms with Gasteiger partial charge in [-0.3, -0.25) is 9.48 Å². The van der Waals surface area contributed by atoms with Crippen molar-refractivity contribution in [2.24, 2.45) is 5.92 Å². The molecule has 0 bridgehead atoms. The topological polar surface area (TPSA) is 56.1 Å². The lowest BCUT2D eigenvalue weighted by Gasteiger charge is -2.30. The second kappa shape index (κ2) is 6.82. The van der Waals surface area contributed by atoms with Crippen LogP contribution in [0.4, 0.5) is 5.69 Å². The Morgan fingerprint density at radius 1 is 1.36 bits per heavy atom. The van der Waals surface area contributed by atoms with Gasteiger partial charge in [-0.05, 0) is 39.0 Å². The molecule has 2 unspecified atom stereocenters. The Morgan fingerprint density at radius 3 is 2.86 bits per heavy atom. The Hall–Kier alpha value is -1.36. The zero-order valence-corrected chi connectivity index (χ0v) is 13.7. The molecule has 2 heterocycles. The minimum absolute atomic E-state index is 0.0343. The van der Waals surface area contributed by atoms with Crippen molar-refractivity contribution < 1.29 is 9.53 Å². The molecule has 3 rings (SSSR count). The van der Waals surface area contributed by atoms with Gasteiger partial charge in [0.1, 0.15) is 0 Å². The van der Waals surface area contributed by atoms with Crippen molar-refractivity contribution in [2.75, 3.05) is 11.9 Å².